The van der Waals surface area contributed by atoms with Gasteiger partial charge in [-0.25, -0.2) is 0 Å². The normalized spacial score (nSPS) is 21.1. The lowest BCUT2D eigenvalue weighted by molar-refractivity contribution is -0.0721. The van der Waals surface area contributed by atoms with Gasteiger partial charge in [-0.05, 0) is 38.2 Å². The van der Waals surface area contributed by atoms with Crippen molar-refractivity contribution in [3.8, 4) is 5.75 Å². The Balaban J connectivity index is 1.43. The van der Waals surface area contributed by atoms with E-state index in [0.29, 0.717) is 25.4 Å². The van der Waals surface area contributed by atoms with Crippen molar-refractivity contribution < 1.29 is 14.2 Å². The van der Waals surface area contributed by atoms with Crippen LogP contribution in [0.5, 0.6) is 5.75 Å². The van der Waals surface area contributed by atoms with Gasteiger partial charge in [0.15, 0.2) is 5.96 Å². The summed E-state index contributed by atoms with van der Waals surface area (Å²) < 4.78 is 17.7. The highest BCUT2D eigenvalue weighted by Gasteiger charge is 2.23. The van der Waals surface area contributed by atoms with Gasteiger partial charge in [-0.3, -0.25) is 4.99 Å². The van der Waals surface area contributed by atoms with E-state index in [9.17, 15) is 0 Å². The molecule has 0 amide bonds. The third-order valence-corrected chi connectivity index (χ3v) is 5.51. The Bertz CT molecular complexity index is 651. The van der Waals surface area contributed by atoms with Gasteiger partial charge >= 0.3 is 0 Å². The molecule has 6 heteroatoms. The van der Waals surface area contributed by atoms with Crippen LogP contribution in [0.4, 0.5) is 0 Å². The maximum absolute atomic E-state index is 6.13. The van der Waals surface area contributed by atoms with Crippen LogP contribution in [-0.2, 0) is 16.0 Å². The Morgan fingerprint density at radius 2 is 2.10 bits per heavy atom. The summed E-state index contributed by atoms with van der Waals surface area (Å²) in [7, 11) is 1.84. The van der Waals surface area contributed by atoms with Gasteiger partial charge in [-0.1, -0.05) is 30.9 Å². The maximum atomic E-state index is 6.13. The molecule has 29 heavy (non-hydrogen) atoms. The van der Waals surface area contributed by atoms with Gasteiger partial charge in [-0.15, -0.1) is 0 Å². The largest absolute Gasteiger partial charge is 0.489 e. The summed E-state index contributed by atoms with van der Waals surface area (Å²) in [6.45, 7) is 8.42. The lowest BCUT2D eigenvalue weighted by atomic mass is 10.1. The number of nitrogens with zero attached hydrogens (tertiary/aromatic N) is 2. The van der Waals surface area contributed by atoms with E-state index in [1.165, 1.54) is 12.8 Å². The van der Waals surface area contributed by atoms with Crippen LogP contribution in [0.3, 0.4) is 0 Å². The van der Waals surface area contributed by atoms with Crippen molar-refractivity contribution in [3.05, 3.63) is 42.5 Å². The molecule has 0 radical (unpaired) electrons. The summed E-state index contributed by atoms with van der Waals surface area (Å²) in [5.41, 5.74) is 1.11. The highest BCUT2D eigenvalue weighted by molar-refractivity contribution is 5.80. The van der Waals surface area contributed by atoms with Gasteiger partial charge in [0.1, 0.15) is 12.4 Å². The quantitative estimate of drug-likeness (QED) is 0.411. The van der Waals surface area contributed by atoms with Crippen LogP contribution in [0.1, 0.15) is 37.7 Å². The van der Waals surface area contributed by atoms with Crippen LogP contribution in [0.2, 0.25) is 0 Å². The predicted molar refractivity (Wildman–Crippen MR) is 116 cm³/mol. The molecule has 0 bridgehead atoms. The number of piperidine rings is 1. The van der Waals surface area contributed by atoms with Crippen LogP contribution >= 0.6 is 0 Å². The van der Waals surface area contributed by atoms with Crippen molar-refractivity contribution in [2.75, 3.05) is 40.0 Å². The Morgan fingerprint density at radius 3 is 2.83 bits per heavy atom. The minimum absolute atomic E-state index is 0.291. The molecule has 1 aromatic rings. The van der Waals surface area contributed by atoms with Crippen molar-refractivity contribution in [1.82, 2.24) is 10.2 Å². The summed E-state index contributed by atoms with van der Waals surface area (Å²) in [6.07, 6.45) is 7.99. The number of hydrogen-bond acceptors (Lipinski definition) is 4. The summed E-state index contributed by atoms with van der Waals surface area (Å²) in [5, 5.41) is 3.48. The first kappa shape index (κ1) is 21.7. The van der Waals surface area contributed by atoms with E-state index in [-0.39, 0.29) is 0 Å². The van der Waals surface area contributed by atoms with Crippen LogP contribution in [-0.4, -0.2) is 63.0 Å². The smallest absolute Gasteiger partial charge is 0.193 e. The number of aliphatic imine (C=N–C) groups is 1. The van der Waals surface area contributed by atoms with Crippen molar-refractivity contribution in [3.63, 3.8) is 0 Å². The fourth-order valence-corrected chi connectivity index (χ4v) is 3.86. The molecule has 1 N–H and O–H groups in total. The molecule has 2 saturated heterocycles. The van der Waals surface area contributed by atoms with Crippen LogP contribution in [0.25, 0.3) is 0 Å². The summed E-state index contributed by atoms with van der Waals surface area (Å²) in [6, 6.07) is 8.08. The molecule has 0 aliphatic carbocycles. The van der Waals surface area contributed by atoms with E-state index in [4.69, 9.17) is 14.2 Å². The number of hydrogen-bond donors (Lipinski definition) is 1. The number of ether oxygens (including phenoxy) is 3. The second kappa shape index (κ2) is 11.8. The summed E-state index contributed by atoms with van der Waals surface area (Å²) >= 11 is 0. The third-order valence-electron chi connectivity index (χ3n) is 5.51. The third kappa shape index (κ3) is 6.75. The molecular weight excluding hydrogens is 366 g/mol. The van der Waals surface area contributed by atoms with E-state index >= 15 is 0 Å². The molecule has 2 aliphatic heterocycles. The van der Waals surface area contributed by atoms with E-state index in [1.54, 1.807) is 6.08 Å². The molecule has 2 fully saturated rings. The molecule has 2 heterocycles. The molecule has 2 aliphatic rings. The first-order valence-corrected chi connectivity index (χ1v) is 10.8. The molecule has 0 aromatic heterocycles. The summed E-state index contributed by atoms with van der Waals surface area (Å²) in [4.78, 5) is 6.79. The van der Waals surface area contributed by atoms with Crippen LogP contribution in [0.15, 0.2) is 41.9 Å². The number of benzene rings is 1. The standard InChI is InChI=1S/C23H35N3O3/c1-3-15-28-22-10-5-4-8-19(22)17-25-23(24-2)26-13-11-20(12-14-26)29-18-21-9-6-7-16-27-21/h3-5,8,10,20-21H,1,6-7,9,11-18H2,2H3,(H,24,25). The van der Waals surface area contributed by atoms with Crippen LogP contribution < -0.4 is 10.1 Å². The van der Waals surface area contributed by atoms with E-state index in [1.807, 2.05) is 25.2 Å². The molecule has 1 atom stereocenters. The lowest BCUT2D eigenvalue weighted by Gasteiger charge is -2.35. The highest BCUT2D eigenvalue weighted by Crippen LogP contribution is 2.20. The van der Waals surface area contributed by atoms with Gasteiger partial charge in [0, 0.05) is 38.9 Å². The van der Waals surface area contributed by atoms with Gasteiger partial charge in [-0.2, -0.15) is 0 Å². The second-order valence-electron chi connectivity index (χ2n) is 7.62. The molecule has 1 aromatic carbocycles. The number of nitrogens with one attached hydrogen (secondary N) is 1. The zero-order valence-electron chi connectivity index (χ0n) is 17.6. The molecule has 160 valence electrons. The first-order chi connectivity index (χ1) is 14.3. The predicted octanol–water partition coefficient (Wildman–Crippen LogP) is 3.38. The zero-order valence-corrected chi connectivity index (χ0v) is 17.6. The minimum Gasteiger partial charge on any atom is -0.489 e. The number of likely N-dealkylation sites (tertiary alicyclic amines) is 1. The molecule has 3 rings (SSSR count). The average molecular weight is 402 g/mol. The Labute approximate surface area is 174 Å². The van der Waals surface area contributed by atoms with E-state index in [0.717, 1.165) is 62.8 Å². The van der Waals surface area contributed by atoms with Crippen molar-refractivity contribution in [2.24, 2.45) is 4.99 Å². The first-order valence-electron chi connectivity index (χ1n) is 10.8. The van der Waals surface area contributed by atoms with E-state index in [2.05, 4.69) is 27.9 Å². The topological polar surface area (TPSA) is 55.3 Å². The number of para-hydroxylation sites is 1. The fourth-order valence-electron chi connectivity index (χ4n) is 3.86. The molecule has 6 nitrogen and oxygen atoms in total. The molecular formula is C23H35N3O3. The highest BCUT2D eigenvalue weighted by atomic mass is 16.5. The van der Waals surface area contributed by atoms with E-state index < -0.39 is 0 Å². The second-order valence-corrected chi connectivity index (χ2v) is 7.62. The van der Waals surface area contributed by atoms with Crippen molar-refractivity contribution in [1.29, 1.82) is 0 Å². The number of rotatable bonds is 8. The molecule has 1 unspecified atom stereocenters. The fraction of sp³-hybridized carbons (Fsp3) is 0.609. The minimum atomic E-state index is 0.291. The van der Waals surface area contributed by atoms with Gasteiger partial charge in [0.2, 0.25) is 0 Å². The molecule has 0 saturated carbocycles. The van der Waals surface area contributed by atoms with Crippen molar-refractivity contribution in [2.45, 2.75) is 50.9 Å². The Kier molecular flexibility index (Phi) is 8.83. The van der Waals surface area contributed by atoms with Gasteiger partial charge < -0.3 is 24.4 Å². The number of guanidine groups is 1. The average Bonchev–Trinajstić information content (AvgIpc) is 2.79. The maximum Gasteiger partial charge on any atom is 0.193 e. The Hall–Kier alpha value is -2.05. The monoisotopic (exact) mass is 401 g/mol. The lowest BCUT2D eigenvalue weighted by Crippen LogP contribution is -2.47. The van der Waals surface area contributed by atoms with Gasteiger partial charge in [0.05, 0.1) is 18.8 Å². The van der Waals surface area contributed by atoms with Crippen molar-refractivity contribution >= 4 is 5.96 Å². The zero-order chi connectivity index (χ0) is 20.3. The van der Waals surface area contributed by atoms with Gasteiger partial charge in [0.25, 0.3) is 0 Å². The summed E-state index contributed by atoms with van der Waals surface area (Å²) in [5.74, 6) is 1.81. The SMILES string of the molecule is C=CCOc1ccccc1CNC(=NC)N1CCC(OCC2CCCCO2)CC1. The molecule has 0 spiro atoms. The van der Waals surface area contributed by atoms with Crippen LogP contribution in [0, 0.1) is 0 Å². The Morgan fingerprint density at radius 1 is 1.28 bits per heavy atom.